The molecule has 2 atom stereocenters. The van der Waals surface area contributed by atoms with Crippen molar-refractivity contribution in [3.8, 4) is 0 Å². The van der Waals surface area contributed by atoms with Crippen molar-refractivity contribution in [2.75, 3.05) is 32.8 Å². The molecule has 0 spiro atoms. The van der Waals surface area contributed by atoms with Crippen LogP contribution in [0.2, 0.25) is 0 Å². The Labute approximate surface area is 99.3 Å². The van der Waals surface area contributed by atoms with Crippen LogP contribution in [0.3, 0.4) is 0 Å². The van der Waals surface area contributed by atoms with Gasteiger partial charge in [-0.1, -0.05) is 6.92 Å². The van der Waals surface area contributed by atoms with Crippen LogP contribution in [0.25, 0.3) is 0 Å². The highest BCUT2D eigenvalue weighted by Gasteiger charge is 2.36. The Kier molecular flexibility index (Phi) is 4.22. The molecule has 0 radical (unpaired) electrons. The highest BCUT2D eigenvalue weighted by Crippen LogP contribution is 2.32. The topological polar surface area (TPSA) is 38.5 Å². The molecule has 2 unspecified atom stereocenters. The monoisotopic (exact) mass is 226 g/mol. The Morgan fingerprint density at radius 2 is 2.31 bits per heavy atom. The average Bonchev–Trinajstić information content (AvgIpc) is 2.77. The molecule has 3 heteroatoms. The molecule has 2 rings (SSSR count). The van der Waals surface area contributed by atoms with Crippen molar-refractivity contribution in [2.45, 2.75) is 45.1 Å². The van der Waals surface area contributed by atoms with E-state index in [1.54, 1.807) is 0 Å². The fourth-order valence-corrected chi connectivity index (χ4v) is 3.26. The van der Waals surface area contributed by atoms with Gasteiger partial charge < -0.3 is 10.5 Å². The molecule has 0 saturated carbocycles. The predicted octanol–water partition coefficient (Wildman–Crippen LogP) is 1.62. The summed E-state index contributed by atoms with van der Waals surface area (Å²) in [5, 5.41) is 0. The van der Waals surface area contributed by atoms with Gasteiger partial charge in [-0.2, -0.15) is 0 Å². The molecule has 16 heavy (non-hydrogen) atoms. The van der Waals surface area contributed by atoms with E-state index in [1.165, 1.54) is 38.6 Å². The Morgan fingerprint density at radius 3 is 2.94 bits per heavy atom. The molecule has 2 aliphatic heterocycles. The molecule has 2 N–H and O–H groups in total. The van der Waals surface area contributed by atoms with Gasteiger partial charge in [-0.25, -0.2) is 0 Å². The number of hydrogen-bond donors (Lipinski definition) is 1. The zero-order valence-electron chi connectivity index (χ0n) is 10.6. The van der Waals surface area contributed by atoms with Crippen LogP contribution in [0.1, 0.15) is 39.0 Å². The molecule has 0 aromatic carbocycles. The van der Waals surface area contributed by atoms with Gasteiger partial charge in [-0.15, -0.1) is 0 Å². The number of ether oxygens (including phenoxy) is 1. The van der Waals surface area contributed by atoms with Crippen molar-refractivity contribution >= 4 is 0 Å². The van der Waals surface area contributed by atoms with E-state index < -0.39 is 0 Å². The van der Waals surface area contributed by atoms with Crippen LogP contribution in [0.4, 0.5) is 0 Å². The number of likely N-dealkylation sites (tertiary alicyclic amines) is 1. The van der Waals surface area contributed by atoms with E-state index in [0.29, 0.717) is 0 Å². The summed E-state index contributed by atoms with van der Waals surface area (Å²) in [6.45, 7) is 7.30. The minimum absolute atomic E-state index is 0.246. The molecule has 2 saturated heterocycles. The lowest BCUT2D eigenvalue weighted by atomic mass is 9.82. The van der Waals surface area contributed by atoms with Crippen molar-refractivity contribution in [3.63, 3.8) is 0 Å². The standard InChI is InChI=1S/C13H26N2O/c1-2-12-5-3-7-15(12)10-13(9-14)6-4-8-16-11-13/h12H,2-11,14H2,1H3. The highest BCUT2D eigenvalue weighted by molar-refractivity contribution is 4.90. The smallest absolute Gasteiger partial charge is 0.0546 e. The van der Waals surface area contributed by atoms with Crippen LogP contribution in [-0.2, 0) is 4.74 Å². The maximum atomic E-state index is 6.00. The van der Waals surface area contributed by atoms with Crippen molar-refractivity contribution in [1.82, 2.24) is 4.90 Å². The van der Waals surface area contributed by atoms with Gasteiger partial charge in [-0.3, -0.25) is 4.90 Å². The fraction of sp³-hybridized carbons (Fsp3) is 1.00. The quantitative estimate of drug-likeness (QED) is 0.791. The molecule has 0 bridgehead atoms. The van der Waals surface area contributed by atoms with Gasteiger partial charge in [0.15, 0.2) is 0 Å². The van der Waals surface area contributed by atoms with Gasteiger partial charge >= 0.3 is 0 Å². The third kappa shape index (κ3) is 2.58. The predicted molar refractivity (Wildman–Crippen MR) is 66.4 cm³/mol. The first-order chi connectivity index (χ1) is 7.79. The normalized spacial score (nSPS) is 36.8. The lowest BCUT2D eigenvalue weighted by Crippen LogP contribution is -2.48. The van der Waals surface area contributed by atoms with Gasteiger partial charge in [0.05, 0.1) is 6.61 Å². The summed E-state index contributed by atoms with van der Waals surface area (Å²) in [5.74, 6) is 0. The van der Waals surface area contributed by atoms with E-state index in [-0.39, 0.29) is 5.41 Å². The number of hydrogen-bond acceptors (Lipinski definition) is 3. The third-order valence-corrected chi connectivity index (χ3v) is 4.35. The van der Waals surface area contributed by atoms with E-state index >= 15 is 0 Å². The van der Waals surface area contributed by atoms with E-state index in [9.17, 15) is 0 Å². The maximum Gasteiger partial charge on any atom is 0.0546 e. The summed E-state index contributed by atoms with van der Waals surface area (Å²) in [6, 6.07) is 0.797. The first-order valence-corrected chi connectivity index (χ1v) is 6.81. The molecule has 0 aliphatic carbocycles. The second kappa shape index (κ2) is 5.48. The van der Waals surface area contributed by atoms with Crippen LogP contribution >= 0.6 is 0 Å². The van der Waals surface area contributed by atoms with Gasteiger partial charge in [0, 0.05) is 31.2 Å². The second-order valence-corrected chi connectivity index (χ2v) is 5.54. The van der Waals surface area contributed by atoms with Crippen LogP contribution in [0.5, 0.6) is 0 Å². The van der Waals surface area contributed by atoms with E-state index in [4.69, 9.17) is 10.5 Å². The second-order valence-electron chi connectivity index (χ2n) is 5.54. The summed E-state index contributed by atoms with van der Waals surface area (Å²) in [7, 11) is 0. The molecule has 0 amide bonds. The molecule has 2 fully saturated rings. The maximum absolute atomic E-state index is 6.00. The van der Waals surface area contributed by atoms with Crippen molar-refractivity contribution in [3.05, 3.63) is 0 Å². The lowest BCUT2D eigenvalue weighted by molar-refractivity contribution is -0.0239. The average molecular weight is 226 g/mol. The summed E-state index contributed by atoms with van der Waals surface area (Å²) >= 11 is 0. The number of rotatable bonds is 4. The van der Waals surface area contributed by atoms with E-state index in [2.05, 4.69) is 11.8 Å². The minimum Gasteiger partial charge on any atom is -0.381 e. The Hall–Kier alpha value is -0.120. The summed E-state index contributed by atoms with van der Waals surface area (Å²) < 4.78 is 5.65. The molecule has 0 aromatic heterocycles. The van der Waals surface area contributed by atoms with E-state index in [0.717, 1.165) is 32.3 Å². The largest absolute Gasteiger partial charge is 0.381 e. The van der Waals surface area contributed by atoms with Gasteiger partial charge in [0.1, 0.15) is 0 Å². The van der Waals surface area contributed by atoms with Crippen molar-refractivity contribution < 1.29 is 4.74 Å². The van der Waals surface area contributed by atoms with Crippen LogP contribution in [0.15, 0.2) is 0 Å². The van der Waals surface area contributed by atoms with Crippen LogP contribution in [-0.4, -0.2) is 43.8 Å². The first-order valence-electron chi connectivity index (χ1n) is 6.81. The Balaban J connectivity index is 1.94. The zero-order valence-corrected chi connectivity index (χ0v) is 10.6. The van der Waals surface area contributed by atoms with E-state index in [1.807, 2.05) is 0 Å². The minimum atomic E-state index is 0.246. The molecule has 94 valence electrons. The van der Waals surface area contributed by atoms with Gasteiger partial charge in [-0.05, 0) is 38.6 Å². The Morgan fingerprint density at radius 1 is 1.44 bits per heavy atom. The molecule has 0 aromatic rings. The Bertz CT molecular complexity index is 214. The van der Waals surface area contributed by atoms with Gasteiger partial charge in [0.25, 0.3) is 0 Å². The molecule has 2 aliphatic rings. The zero-order chi connectivity index (χ0) is 11.4. The van der Waals surface area contributed by atoms with Crippen LogP contribution in [0, 0.1) is 5.41 Å². The lowest BCUT2D eigenvalue weighted by Gasteiger charge is -2.40. The molecular weight excluding hydrogens is 200 g/mol. The number of nitrogens with two attached hydrogens (primary N) is 1. The molecule has 2 heterocycles. The van der Waals surface area contributed by atoms with Crippen LogP contribution < -0.4 is 5.73 Å². The first kappa shape index (κ1) is 12.3. The number of nitrogens with zero attached hydrogens (tertiary/aromatic N) is 1. The van der Waals surface area contributed by atoms with Crippen molar-refractivity contribution in [1.29, 1.82) is 0 Å². The third-order valence-electron chi connectivity index (χ3n) is 4.35. The summed E-state index contributed by atoms with van der Waals surface area (Å²) in [4.78, 5) is 2.65. The molecule has 3 nitrogen and oxygen atoms in total. The SMILES string of the molecule is CCC1CCCN1CC1(CN)CCCOC1. The van der Waals surface area contributed by atoms with Crippen molar-refractivity contribution in [2.24, 2.45) is 11.1 Å². The highest BCUT2D eigenvalue weighted by atomic mass is 16.5. The summed E-state index contributed by atoms with van der Waals surface area (Å²) in [5.41, 5.74) is 6.24. The molecular formula is C13H26N2O. The fourth-order valence-electron chi connectivity index (χ4n) is 3.26. The summed E-state index contributed by atoms with van der Waals surface area (Å²) in [6.07, 6.45) is 6.44. The van der Waals surface area contributed by atoms with Gasteiger partial charge in [0.2, 0.25) is 0 Å².